The van der Waals surface area contributed by atoms with Gasteiger partial charge in [-0.15, -0.1) is 0 Å². The standard InChI is InChI=1S/C14H21N3O/c1-10-2-3-11(9-16-10)8-14(18)17-13-6-4-12(15)5-7-13/h2-3,9,12-13H,4-8,15H2,1H3,(H,17,18). The summed E-state index contributed by atoms with van der Waals surface area (Å²) >= 11 is 0. The van der Waals surface area contributed by atoms with Gasteiger partial charge in [0.1, 0.15) is 0 Å². The summed E-state index contributed by atoms with van der Waals surface area (Å²) in [5.74, 6) is 0.0844. The number of pyridine rings is 1. The second kappa shape index (κ2) is 5.96. The molecule has 4 nitrogen and oxygen atoms in total. The first-order valence-electron chi connectivity index (χ1n) is 6.60. The summed E-state index contributed by atoms with van der Waals surface area (Å²) in [5.41, 5.74) is 7.78. The van der Waals surface area contributed by atoms with Crippen molar-refractivity contribution in [1.82, 2.24) is 10.3 Å². The molecular weight excluding hydrogens is 226 g/mol. The normalized spacial score (nSPS) is 23.7. The first kappa shape index (κ1) is 13.0. The fraction of sp³-hybridized carbons (Fsp3) is 0.571. The van der Waals surface area contributed by atoms with E-state index in [-0.39, 0.29) is 5.91 Å². The van der Waals surface area contributed by atoms with E-state index < -0.39 is 0 Å². The Morgan fingerprint density at radius 3 is 2.72 bits per heavy atom. The minimum Gasteiger partial charge on any atom is -0.353 e. The number of nitrogens with one attached hydrogen (secondary N) is 1. The second-order valence-corrected chi connectivity index (χ2v) is 5.16. The highest BCUT2D eigenvalue weighted by Gasteiger charge is 2.19. The molecule has 1 aliphatic carbocycles. The number of nitrogens with two attached hydrogens (primary N) is 1. The van der Waals surface area contributed by atoms with E-state index in [0.29, 0.717) is 18.5 Å². The van der Waals surface area contributed by atoms with Crippen LogP contribution in [-0.4, -0.2) is 23.0 Å². The number of aryl methyl sites for hydroxylation is 1. The Balaban J connectivity index is 1.80. The van der Waals surface area contributed by atoms with E-state index in [1.807, 2.05) is 19.1 Å². The van der Waals surface area contributed by atoms with E-state index in [2.05, 4.69) is 10.3 Å². The van der Waals surface area contributed by atoms with Gasteiger partial charge < -0.3 is 11.1 Å². The maximum Gasteiger partial charge on any atom is 0.224 e. The zero-order valence-electron chi connectivity index (χ0n) is 10.9. The summed E-state index contributed by atoms with van der Waals surface area (Å²) in [7, 11) is 0. The molecule has 0 aliphatic heterocycles. The number of amides is 1. The molecule has 1 saturated carbocycles. The number of nitrogens with zero attached hydrogens (tertiary/aromatic N) is 1. The van der Waals surface area contributed by atoms with Gasteiger partial charge in [0, 0.05) is 24.0 Å². The van der Waals surface area contributed by atoms with Crippen molar-refractivity contribution < 1.29 is 4.79 Å². The maximum absolute atomic E-state index is 11.9. The molecule has 0 radical (unpaired) electrons. The van der Waals surface area contributed by atoms with Crippen molar-refractivity contribution in [2.45, 2.75) is 51.1 Å². The molecule has 0 spiro atoms. The third-order valence-corrected chi connectivity index (χ3v) is 3.47. The Kier molecular flexibility index (Phi) is 4.31. The van der Waals surface area contributed by atoms with Crippen LogP contribution in [0.2, 0.25) is 0 Å². The van der Waals surface area contributed by atoms with Gasteiger partial charge in [0.05, 0.1) is 6.42 Å². The van der Waals surface area contributed by atoms with Crippen molar-refractivity contribution in [3.05, 3.63) is 29.6 Å². The predicted molar refractivity (Wildman–Crippen MR) is 71.1 cm³/mol. The largest absolute Gasteiger partial charge is 0.353 e. The summed E-state index contributed by atoms with van der Waals surface area (Å²) in [4.78, 5) is 16.1. The summed E-state index contributed by atoms with van der Waals surface area (Å²) < 4.78 is 0. The first-order valence-corrected chi connectivity index (χ1v) is 6.60. The number of hydrogen-bond donors (Lipinski definition) is 2. The maximum atomic E-state index is 11.9. The highest BCUT2D eigenvalue weighted by atomic mass is 16.1. The van der Waals surface area contributed by atoms with Crippen LogP contribution in [0.15, 0.2) is 18.3 Å². The van der Waals surface area contributed by atoms with Crippen molar-refractivity contribution in [2.75, 3.05) is 0 Å². The molecule has 1 aliphatic rings. The smallest absolute Gasteiger partial charge is 0.224 e. The van der Waals surface area contributed by atoms with E-state index in [4.69, 9.17) is 5.73 Å². The van der Waals surface area contributed by atoms with Crippen LogP contribution in [0, 0.1) is 6.92 Å². The predicted octanol–water partition coefficient (Wildman–Crippen LogP) is 1.32. The average molecular weight is 247 g/mol. The van der Waals surface area contributed by atoms with Crippen molar-refractivity contribution >= 4 is 5.91 Å². The summed E-state index contributed by atoms with van der Waals surface area (Å²) in [6.07, 6.45) is 6.20. The SMILES string of the molecule is Cc1ccc(CC(=O)NC2CCC(N)CC2)cn1. The van der Waals surface area contributed by atoms with Crippen molar-refractivity contribution in [2.24, 2.45) is 5.73 Å². The molecule has 1 aromatic heterocycles. The molecule has 0 atom stereocenters. The monoisotopic (exact) mass is 247 g/mol. The molecule has 1 amide bonds. The van der Waals surface area contributed by atoms with Gasteiger partial charge in [-0.1, -0.05) is 6.07 Å². The molecular formula is C14H21N3O. The van der Waals surface area contributed by atoms with Gasteiger partial charge in [-0.3, -0.25) is 9.78 Å². The molecule has 1 aromatic rings. The zero-order chi connectivity index (χ0) is 13.0. The highest BCUT2D eigenvalue weighted by Crippen LogP contribution is 2.17. The Morgan fingerprint density at radius 2 is 2.11 bits per heavy atom. The lowest BCUT2D eigenvalue weighted by Gasteiger charge is -2.26. The van der Waals surface area contributed by atoms with Crippen LogP contribution in [0.25, 0.3) is 0 Å². The first-order chi connectivity index (χ1) is 8.63. The molecule has 0 bridgehead atoms. The van der Waals surface area contributed by atoms with E-state index >= 15 is 0 Å². The van der Waals surface area contributed by atoms with Gasteiger partial charge in [-0.25, -0.2) is 0 Å². The van der Waals surface area contributed by atoms with Crippen LogP contribution in [0.3, 0.4) is 0 Å². The second-order valence-electron chi connectivity index (χ2n) is 5.16. The summed E-state index contributed by atoms with van der Waals surface area (Å²) in [6.45, 7) is 1.94. The molecule has 1 fully saturated rings. The van der Waals surface area contributed by atoms with Crippen molar-refractivity contribution in [1.29, 1.82) is 0 Å². The molecule has 0 unspecified atom stereocenters. The van der Waals surface area contributed by atoms with E-state index in [1.165, 1.54) is 0 Å². The molecule has 1 heterocycles. The quantitative estimate of drug-likeness (QED) is 0.846. The number of carbonyl (C=O) groups excluding carboxylic acids is 1. The average Bonchev–Trinajstić information content (AvgIpc) is 2.35. The van der Waals surface area contributed by atoms with Gasteiger partial charge in [-0.05, 0) is 44.2 Å². The van der Waals surface area contributed by atoms with Gasteiger partial charge in [-0.2, -0.15) is 0 Å². The molecule has 0 saturated heterocycles. The minimum absolute atomic E-state index is 0.0844. The third kappa shape index (κ3) is 3.81. The number of rotatable bonds is 3. The van der Waals surface area contributed by atoms with Gasteiger partial charge in [0.15, 0.2) is 0 Å². The molecule has 4 heteroatoms. The fourth-order valence-corrected chi connectivity index (χ4v) is 2.33. The van der Waals surface area contributed by atoms with E-state index in [1.54, 1.807) is 6.20 Å². The van der Waals surface area contributed by atoms with Crippen LogP contribution >= 0.6 is 0 Å². The lowest BCUT2D eigenvalue weighted by Crippen LogP contribution is -2.41. The molecule has 98 valence electrons. The Morgan fingerprint density at radius 1 is 1.39 bits per heavy atom. The van der Waals surface area contributed by atoms with E-state index in [0.717, 1.165) is 36.9 Å². The molecule has 18 heavy (non-hydrogen) atoms. The minimum atomic E-state index is 0.0844. The van der Waals surface area contributed by atoms with Crippen LogP contribution < -0.4 is 11.1 Å². The lowest BCUT2D eigenvalue weighted by molar-refractivity contribution is -0.121. The highest BCUT2D eigenvalue weighted by molar-refractivity contribution is 5.78. The van der Waals surface area contributed by atoms with Gasteiger partial charge in [0.2, 0.25) is 5.91 Å². The van der Waals surface area contributed by atoms with Gasteiger partial charge in [0.25, 0.3) is 0 Å². The zero-order valence-corrected chi connectivity index (χ0v) is 10.9. The van der Waals surface area contributed by atoms with Crippen LogP contribution in [0.1, 0.15) is 36.9 Å². The Labute approximate surface area is 108 Å². The van der Waals surface area contributed by atoms with Crippen LogP contribution in [0.4, 0.5) is 0 Å². The number of aromatic nitrogens is 1. The number of hydrogen-bond acceptors (Lipinski definition) is 3. The third-order valence-electron chi connectivity index (χ3n) is 3.47. The van der Waals surface area contributed by atoms with Crippen molar-refractivity contribution in [3.63, 3.8) is 0 Å². The van der Waals surface area contributed by atoms with E-state index in [9.17, 15) is 4.79 Å². The van der Waals surface area contributed by atoms with Crippen LogP contribution in [-0.2, 0) is 11.2 Å². The van der Waals surface area contributed by atoms with Crippen molar-refractivity contribution in [3.8, 4) is 0 Å². The Hall–Kier alpha value is -1.42. The van der Waals surface area contributed by atoms with Gasteiger partial charge >= 0.3 is 0 Å². The fourth-order valence-electron chi connectivity index (χ4n) is 2.33. The topological polar surface area (TPSA) is 68.0 Å². The summed E-state index contributed by atoms with van der Waals surface area (Å²) in [6, 6.07) is 4.51. The molecule has 0 aromatic carbocycles. The Bertz CT molecular complexity index is 394. The lowest BCUT2D eigenvalue weighted by atomic mass is 9.92. The van der Waals surface area contributed by atoms with Crippen LogP contribution in [0.5, 0.6) is 0 Å². The molecule has 2 rings (SSSR count). The number of carbonyl (C=O) groups is 1. The molecule has 3 N–H and O–H groups in total. The summed E-state index contributed by atoms with van der Waals surface area (Å²) in [5, 5.41) is 3.08.